The Morgan fingerprint density at radius 1 is 1.45 bits per heavy atom. The van der Waals surface area contributed by atoms with Gasteiger partial charge < -0.3 is 19.3 Å². The monoisotopic (exact) mass is 293 g/mol. The zero-order chi connectivity index (χ0) is 14.3. The maximum Gasteiger partial charge on any atom is 0.355 e. The van der Waals surface area contributed by atoms with E-state index in [0.29, 0.717) is 27.1 Å². The van der Waals surface area contributed by atoms with Crippen molar-refractivity contribution in [1.82, 2.24) is 4.98 Å². The predicted molar refractivity (Wildman–Crippen MR) is 71.9 cm³/mol. The van der Waals surface area contributed by atoms with E-state index in [9.17, 15) is 4.79 Å². The molecular formula is C13H11NO5S. The van der Waals surface area contributed by atoms with Crippen LogP contribution in [0.5, 0.6) is 17.2 Å². The van der Waals surface area contributed by atoms with Gasteiger partial charge in [-0.15, -0.1) is 11.3 Å². The van der Waals surface area contributed by atoms with Crippen molar-refractivity contribution in [3.05, 3.63) is 22.7 Å². The Morgan fingerprint density at radius 3 is 2.90 bits per heavy atom. The molecule has 1 N–H and O–H groups in total. The first kappa shape index (κ1) is 12.7. The van der Waals surface area contributed by atoms with E-state index < -0.39 is 5.97 Å². The summed E-state index contributed by atoms with van der Waals surface area (Å²) in [6, 6.07) is 3.53. The quantitative estimate of drug-likeness (QED) is 0.937. The predicted octanol–water partition coefficient (Wildman–Crippen LogP) is 2.55. The fourth-order valence-corrected chi connectivity index (χ4v) is 2.86. The molecule has 0 fully saturated rings. The highest BCUT2D eigenvalue weighted by molar-refractivity contribution is 7.15. The van der Waals surface area contributed by atoms with Crippen molar-refractivity contribution in [3.8, 4) is 27.8 Å². The molecule has 2 heterocycles. The van der Waals surface area contributed by atoms with Crippen LogP contribution in [0.15, 0.2) is 12.1 Å². The number of ether oxygens (including phenoxy) is 3. The van der Waals surface area contributed by atoms with E-state index in [1.54, 1.807) is 19.1 Å². The molecular weight excluding hydrogens is 282 g/mol. The number of aromatic carboxylic acids is 1. The second-order valence-electron chi connectivity index (χ2n) is 4.14. The lowest BCUT2D eigenvalue weighted by molar-refractivity contribution is 0.0690. The minimum Gasteiger partial charge on any atom is -0.493 e. The van der Waals surface area contributed by atoms with E-state index in [1.165, 1.54) is 18.4 Å². The van der Waals surface area contributed by atoms with Gasteiger partial charge in [0.2, 0.25) is 12.5 Å². The van der Waals surface area contributed by atoms with Crippen molar-refractivity contribution in [2.24, 2.45) is 0 Å². The van der Waals surface area contributed by atoms with Gasteiger partial charge in [0, 0.05) is 10.4 Å². The molecule has 0 bridgehead atoms. The van der Waals surface area contributed by atoms with Crippen molar-refractivity contribution >= 4 is 17.3 Å². The number of hydrogen-bond acceptors (Lipinski definition) is 6. The molecule has 7 heteroatoms. The van der Waals surface area contributed by atoms with Crippen LogP contribution in [0.2, 0.25) is 0 Å². The van der Waals surface area contributed by atoms with Crippen LogP contribution in [-0.2, 0) is 0 Å². The summed E-state index contributed by atoms with van der Waals surface area (Å²) in [6.07, 6.45) is 0. The molecule has 6 nitrogen and oxygen atoms in total. The highest BCUT2D eigenvalue weighted by atomic mass is 32.1. The number of carbonyl (C=O) groups is 1. The number of aromatic nitrogens is 1. The summed E-state index contributed by atoms with van der Waals surface area (Å²) in [5.41, 5.74) is 0.813. The van der Waals surface area contributed by atoms with Gasteiger partial charge in [-0.25, -0.2) is 9.78 Å². The Bertz CT molecular complexity index is 694. The first-order valence-corrected chi connectivity index (χ1v) is 6.60. The average Bonchev–Trinajstić information content (AvgIpc) is 3.03. The van der Waals surface area contributed by atoms with Gasteiger partial charge in [-0.3, -0.25) is 0 Å². The summed E-state index contributed by atoms with van der Waals surface area (Å²) in [4.78, 5) is 15.9. The Hall–Kier alpha value is -2.28. The number of carboxylic acids is 1. The number of fused-ring (bicyclic) bond motifs is 1. The Balaban J connectivity index is 2.11. The number of carboxylic acid groups (broad SMARTS) is 1. The van der Waals surface area contributed by atoms with Gasteiger partial charge >= 0.3 is 5.97 Å². The third-order valence-electron chi connectivity index (χ3n) is 2.90. The van der Waals surface area contributed by atoms with Gasteiger partial charge in [0.25, 0.3) is 0 Å². The maximum absolute atomic E-state index is 11.1. The molecule has 0 aliphatic carbocycles. The lowest BCUT2D eigenvalue weighted by Gasteiger charge is -2.06. The third-order valence-corrected chi connectivity index (χ3v) is 3.92. The second-order valence-corrected chi connectivity index (χ2v) is 5.34. The molecule has 0 amide bonds. The second kappa shape index (κ2) is 4.68. The van der Waals surface area contributed by atoms with Crippen molar-refractivity contribution in [2.45, 2.75) is 6.92 Å². The van der Waals surface area contributed by atoms with Crippen LogP contribution in [0.4, 0.5) is 0 Å². The van der Waals surface area contributed by atoms with Gasteiger partial charge in [-0.1, -0.05) is 0 Å². The molecule has 20 heavy (non-hydrogen) atoms. The summed E-state index contributed by atoms with van der Waals surface area (Å²) in [5.74, 6) is 0.643. The fraction of sp³-hybridized carbons (Fsp3) is 0.231. The largest absolute Gasteiger partial charge is 0.493 e. The van der Waals surface area contributed by atoms with Crippen LogP contribution in [0, 0.1) is 6.92 Å². The van der Waals surface area contributed by atoms with E-state index in [-0.39, 0.29) is 12.5 Å². The van der Waals surface area contributed by atoms with Crippen LogP contribution in [0.1, 0.15) is 15.4 Å². The summed E-state index contributed by atoms with van der Waals surface area (Å²) < 4.78 is 15.9. The number of rotatable bonds is 3. The highest BCUT2D eigenvalue weighted by Gasteiger charge is 2.22. The molecule has 0 atom stereocenters. The van der Waals surface area contributed by atoms with E-state index in [2.05, 4.69) is 4.98 Å². The molecule has 104 valence electrons. The van der Waals surface area contributed by atoms with E-state index >= 15 is 0 Å². The third kappa shape index (κ3) is 1.96. The maximum atomic E-state index is 11.1. The molecule has 3 rings (SSSR count). The topological polar surface area (TPSA) is 77.9 Å². The zero-order valence-corrected chi connectivity index (χ0v) is 11.6. The average molecular weight is 293 g/mol. The van der Waals surface area contributed by atoms with Crippen LogP contribution in [0.3, 0.4) is 0 Å². The SMILES string of the molecule is COc1cc(-c2nc(C(=O)O)c(C)s2)cc2c1OCO2. The van der Waals surface area contributed by atoms with Gasteiger partial charge in [0.05, 0.1) is 7.11 Å². The van der Waals surface area contributed by atoms with Crippen molar-refractivity contribution in [2.75, 3.05) is 13.9 Å². The molecule has 0 radical (unpaired) electrons. The van der Waals surface area contributed by atoms with E-state index in [1.807, 2.05) is 0 Å². The number of benzene rings is 1. The molecule has 1 aliphatic heterocycles. The zero-order valence-electron chi connectivity index (χ0n) is 10.8. The van der Waals surface area contributed by atoms with Gasteiger partial charge in [-0.2, -0.15) is 0 Å². The van der Waals surface area contributed by atoms with Gasteiger partial charge in [-0.05, 0) is 19.1 Å². The summed E-state index contributed by atoms with van der Waals surface area (Å²) in [7, 11) is 1.54. The van der Waals surface area contributed by atoms with Gasteiger partial charge in [0.1, 0.15) is 5.01 Å². The summed E-state index contributed by atoms with van der Waals surface area (Å²) >= 11 is 1.32. The lowest BCUT2D eigenvalue weighted by Crippen LogP contribution is -1.98. The standard InChI is InChI=1S/C13H11NO5S/c1-6-10(13(15)16)14-12(20-6)7-3-8(17-2)11-9(4-7)18-5-19-11/h3-4H,5H2,1-2H3,(H,15,16). The molecule has 1 aromatic heterocycles. The first-order chi connectivity index (χ1) is 9.60. The first-order valence-electron chi connectivity index (χ1n) is 5.79. The fourth-order valence-electron chi connectivity index (χ4n) is 1.97. The molecule has 0 saturated heterocycles. The molecule has 0 saturated carbocycles. The van der Waals surface area contributed by atoms with Crippen molar-refractivity contribution < 1.29 is 24.1 Å². The lowest BCUT2D eigenvalue weighted by atomic mass is 10.2. The summed E-state index contributed by atoms with van der Waals surface area (Å²) in [6.45, 7) is 1.88. The molecule has 0 unspecified atom stereocenters. The molecule has 1 aromatic carbocycles. The summed E-state index contributed by atoms with van der Waals surface area (Å²) in [5, 5.41) is 9.66. The number of thiazole rings is 1. The minimum atomic E-state index is -1.03. The molecule has 0 spiro atoms. The molecule has 1 aliphatic rings. The Kier molecular flexibility index (Phi) is 2.98. The normalized spacial score (nSPS) is 12.5. The number of aryl methyl sites for hydroxylation is 1. The molecule has 2 aromatic rings. The number of nitrogens with zero attached hydrogens (tertiary/aromatic N) is 1. The van der Waals surface area contributed by atoms with Crippen LogP contribution in [0.25, 0.3) is 10.6 Å². The van der Waals surface area contributed by atoms with Gasteiger partial charge in [0.15, 0.2) is 17.2 Å². The van der Waals surface area contributed by atoms with Crippen LogP contribution in [-0.4, -0.2) is 30.0 Å². The van der Waals surface area contributed by atoms with Crippen LogP contribution < -0.4 is 14.2 Å². The Labute approximate surface area is 118 Å². The van der Waals surface area contributed by atoms with Crippen LogP contribution >= 0.6 is 11.3 Å². The van der Waals surface area contributed by atoms with Crippen molar-refractivity contribution in [3.63, 3.8) is 0 Å². The minimum absolute atomic E-state index is 0.0710. The highest BCUT2D eigenvalue weighted by Crippen LogP contribution is 2.44. The number of methoxy groups -OCH3 is 1. The number of hydrogen-bond donors (Lipinski definition) is 1. The van der Waals surface area contributed by atoms with Crippen molar-refractivity contribution in [1.29, 1.82) is 0 Å². The smallest absolute Gasteiger partial charge is 0.355 e. The van der Waals surface area contributed by atoms with E-state index in [0.717, 1.165) is 5.56 Å². The van der Waals surface area contributed by atoms with E-state index in [4.69, 9.17) is 19.3 Å². The Morgan fingerprint density at radius 2 is 2.25 bits per heavy atom.